The Morgan fingerprint density at radius 3 is 2.95 bits per heavy atom. The van der Waals surface area contributed by atoms with Gasteiger partial charge in [-0.25, -0.2) is 0 Å². The van der Waals surface area contributed by atoms with Gasteiger partial charge in [-0.1, -0.05) is 31.2 Å². The zero-order valence-corrected chi connectivity index (χ0v) is 12.8. The van der Waals surface area contributed by atoms with Crippen LogP contribution in [0.3, 0.4) is 0 Å². The Balaban J connectivity index is 1.81. The standard InChI is InChI=1S/C18H22N2O/c1-3-15-12-17(20(2)19-15)18(21)11-14-9-6-8-13-7-4-5-10-16(13)14/h4-5,7,10,12,14H,3,6,8-9,11H2,1-2H3. The van der Waals surface area contributed by atoms with Crippen molar-refractivity contribution in [1.82, 2.24) is 9.78 Å². The van der Waals surface area contributed by atoms with E-state index in [0.717, 1.165) is 30.7 Å². The number of aromatic nitrogens is 2. The summed E-state index contributed by atoms with van der Waals surface area (Å²) in [7, 11) is 1.86. The third kappa shape index (κ3) is 2.78. The molecule has 0 bridgehead atoms. The number of carbonyl (C=O) groups excluding carboxylic acids is 1. The molecule has 1 atom stereocenters. The van der Waals surface area contributed by atoms with Crippen molar-refractivity contribution in [3.8, 4) is 0 Å². The lowest BCUT2D eigenvalue weighted by atomic mass is 9.80. The summed E-state index contributed by atoms with van der Waals surface area (Å²) in [5.41, 5.74) is 4.52. The molecule has 0 N–H and O–H groups in total. The lowest BCUT2D eigenvalue weighted by Gasteiger charge is -2.24. The van der Waals surface area contributed by atoms with Gasteiger partial charge in [-0.05, 0) is 48.8 Å². The zero-order valence-electron chi connectivity index (χ0n) is 12.8. The van der Waals surface area contributed by atoms with E-state index in [1.165, 1.54) is 17.5 Å². The maximum atomic E-state index is 12.6. The Hall–Kier alpha value is -1.90. The van der Waals surface area contributed by atoms with Gasteiger partial charge in [-0.2, -0.15) is 5.10 Å². The minimum Gasteiger partial charge on any atom is -0.292 e. The number of nitrogens with zero attached hydrogens (tertiary/aromatic N) is 2. The van der Waals surface area contributed by atoms with Crippen LogP contribution in [0.5, 0.6) is 0 Å². The van der Waals surface area contributed by atoms with Crippen molar-refractivity contribution in [3.63, 3.8) is 0 Å². The molecule has 3 nitrogen and oxygen atoms in total. The minimum absolute atomic E-state index is 0.214. The van der Waals surface area contributed by atoms with Gasteiger partial charge in [0.05, 0.1) is 5.69 Å². The maximum absolute atomic E-state index is 12.6. The molecule has 1 aliphatic carbocycles. The third-order valence-electron chi connectivity index (χ3n) is 4.50. The Morgan fingerprint density at radius 1 is 1.38 bits per heavy atom. The van der Waals surface area contributed by atoms with Gasteiger partial charge in [-0.3, -0.25) is 9.48 Å². The highest BCUT2D eigenvalue weighted by Gasteiger charge is 2.24. The molecule has 1 aliphatic rings. The second-order valence-electron chi connectivity index (χ2n) is 5.91. The van der Waals surface area contributed by atoms with Crippen molar-refractivity contribution in [3.05, 3.63) is 52.8 Å². The Kier molecular flexibility index (Phi) is 3.91. The van der Waals surface area contributed by atoms with Crippen molar-refractivity contribution < 1.29 is 4.79 Å². The monoisotopic (exact) mass is 282 g/mol. The number of ketones is 1. The van der Waals surface area contributed by atoms with Gasteiger partial charge in [0.1, 0.15) is 5.69 Å². The van der Waals surface area contributed by atoms with Crippen LogP contribution in [-0.2, 0) is 19.9 Å². The summed E-state index contributed by atoms with van der Waals surface area (Å²) < 4.78 is 1.73. The Bertz CT molecular complexity index is 657. The fourth-order valence-corrected chi connectivity index (χ4v) is 3.36. The first-order valence-corrected chi connectivity index (χ1v) is 7.83. The average Bonchev–Trinajstić information content (AvgIpc) is 2.89. The number of hydrogen-bond acceptors (Lipinski definition) is 2. The van der Waals surface area contributed by atoms with Crippen LogP contribution in [0.15, 0.2) is 30.3 Å². The van der Waals surface area contributed by atoms with E-state index in [9.17, 15) is 4.79 Å². The van der Waals surface area contributed by atoms with Gasteiger partial charge in [0.15, 0.2) is 5.78 Å². The Morgan fingerprint density at radius 2 is 2.19 bits per heavy atom. The number of benzene rings is 1. The van der Waals surface area contributed by atoms with Crippen LogP contribution in [0.25, 0.3) is 0 Å². The molecule has 0 radical (unpaired) electrons. The molecule has 3 heteroatoms. The summed E-state index contributed by atoms with van der Waals surface area (Å²) in [6.07, 6.45) is 4.90. The lowest BCUT2D eigenvalue weighted by Crippen LogP contribution is -2.15. The summed E-state index contributed by atoms with van der Waals surface area (Å²) in [4.78, 5) is 12.6. The SMILES string of the molecule is CCc1cc(C(=O)CC2CCCc3ccccc32)n(C)n1. The first-order chi connectivity index (χ1) is 10.2. The van der Waals surface area contributed by atoms with Gasteiger partial charge in [0.2, 0.25) is 0 Å². The number of hydrogen-bond donors (Lipinski definition) is 0. The summed E-state index contributed by atoms with van der Waals surface area (Å²) in [5, 5.41) is 4.38. The molecule has 1 aromatic heterocycles. The highest BCUT2D eigenvalue weighted by Crippen LogP contribution is 2.34. The quantitative estimate of drug-likeness (QED) is 0.802. The first kappa shape index (κ1) is 14.1. The summed E-state index contributed by atoms with van der Waals surface area (Å²) in [6.45, 7) is 2.06. The number of rotatable bonds is 4. The topological polar surface area (TPSA) is 34.9 Å². The minimum atomic E-state index is 0.214. The van der Waals surface area contributed by atoms with E-state index in [1.54, 1.807) is 4.68 Å². The summed E-state index contributed by atoms with van der Waals surface area (Å²) >= 11 is 0. The molecule has 0 fully saturated rings. The number of carbonyl (C=O) groups is 1. The van der Waals surface area contributed by atoms with E-state index in [4.69, 9.17) is 0 Å². The van der Waals surface area contributed by atoms with E-state index in [2.05, 4.69) is 36.3 Å². The van der Waals surface area contributed by atoms with Crippen LogP contribution in [0.2, 0.25) is 0 Å². The van der Waals surface area contributed by atoms with Crippen molar-refractivity contribution >= 4 is 5.78 Å². The van der Waals surface area contributed by atoms with Gasteiger partial charge in [0.25, 0.3) is 0 Å². The van der Waals surface area contributed by atoms with Crippen LogP contribution in [-0.4, -0.2) is 15.6 Å². The van der Waals surface area contributed by atoms with Crippen molar-refractivity contribution in [2.24, 2.45) is 7.05 Å². The van der Waals surface area contributed by atoms with Crippen LogP contribution in [0.4, 0.5) is 0 Å². The average molecular weight is 282 g/mol. The van der Waals surface area contributed by atoms with E-state index >= 15 is 0 Å². The predicted octanol–water partition coefficient (Wildman–Crippen LogP) is 3.68. The lowest BCUT2D eigenvalue weighted by molar-refractivity contribution is 0.0962. The third-order valence-corrected chi connectivity index (χ3v) is 4.50. The van der Waals surface area contributed by atoms with Crippen LogP contribution >= 0.6 is 0 Å². The first-order valence-electron chi connectivity index (χ1n) is 7.83. The van der Waals surface area contributed by atoms with Crippen molar-refractivity contribution in [2.75, 3.05) is 0 Å². The molecular weight excluding hydrogens is 260 g/mol. The molecule has 0 saturated carbocycles. The Labute approximate surface area is 126 Å². The number of Topliss-reactive ketones (excluding diaryl/α,β-unsaturated/α-hetero) is 1. The molecule has 0 saturated heterocycles. The highest BCUT2D eigenvalue weighted by atomic mass is 16.1. The van der Waals surface area contributed by atoms with E-state index < -0.39 is 0 Å². The van der Waals surface area contributed by atoms with Gasteiger partial charge in [0, 0.05) is 13.5 Å². The largest absolute Gasteiger partial charge is 0.292 e. The maximum Gasteiger partial charge on any atom is 0.181 e. The molecule has 1 heterocycles. The van der Waals surface area contributed by atoms with Crippen LogP contribution in [0.1, 0.15) is 59.4 Å². The zero-order chi connectivity index (χ0) is 14.8. The fourth-order valence-electron chi connectivity index (χ4n) is 3.36. The fraction of sp³-hybridized carbons (Fsp3) is 0.444. The van der Waals surface area contributed by atoms with E-state index in [1.807, 2.05) is 13.1 Å². The van der Waals surface area contributed by atoms with Crippen LogP contribution < -0.4 is 0 Å². The van der Waals surface area contributed by atoms with Crippen molar-refractivity contribution in [2.45, 2.75) is 44.9 Å². The highest BCUT2D eigenvalue weighted by molar-refractivity contribution is 5.95. The van der Waals surface area contributed by atoms with Gasteiger partial charge in [-0.15, -0.1) is 0 Å². The molecule has 21 heavy (non-hydrogen) atoms. The molecular formula is C18H22N2O. The molecule has 3 rings (SSSR count). The molecule has 0 spiro atoms. The van der Waals surface area contributed by atoms with E-state index in [0.29, 0.717) is 12.3 Å². The van der Waals surface area contributed by atoms with Crippen LogP contribution in [0, 0.1) is 0 Å². The molecule has 1 unspecified atom stereocenters. The van der Waals surface area contributed by atoms with E-state index in [-0.39, 0.29) is 5.78 Å². The van der Waals surface area contributed by atoms with Crippen molar-refractivity contribution in [1.29, 1.82) is 0 Å². The predicted molar refractivity (Wildman–Crippen MR) is 83.7 cm³/mol. The second-order valence-corrected chi connectivity index (χ2v) is 5.91. The van der Waals surface area contributed by atoms with Gasteiger partial charge < -0.3 is 0 Å². The number of aryl methyl sites for hydroxylation is 3. The van der Waals surface area contributed by atoms with Gasteiger partial charge >= 0.3 is 0 Å². The molecule has 110 valence electrons. The molecule has 0 amide bonds. The summed E-state index contributed by atoms with van der Waals surface area (Å²) in [5.74, 6) is 0.578. The molecule has 1 aromatic carbocycles. The number of fused-ring (bicyclic) bond motifs is 1. The molecule has 2 aromatic rings. The smallest absolute Gasteiger partial charge is 0.181 e. The second kappa shape index (κ2) is 5.84. The normalized spacial score (nSPS) is 17.5. The summed E-state index contributed by atoms with van der Waals surface area (Å²) in [6, 6.07) is 10.5. The molecule has 0 aliphatic heterocycles.